The van der Waals surface area contributed by atoms with Crippen molar-refractivity contribution in [3.63, 3.8) is 0 Å². The number of nitrogen functional groups attached to an aromatic ring is 1. The Balaban J connectivity index is 3.01. The predicted molar refractivity (Wildman–Crippen MR) is 66.6 cm³/mol. The number of methoxy groups -OCH3 is 1. The fourth-order valence-electron chi connectivity index (χ4n) is 1.99. The summed E-state index contributed by atoms with van der Waals surface area (Å²) < 4.78 is 7.25. The molecule has 0 saturated heterocycles. The SMILES string of the molecule is CCCc1nc(C(C)COC)c(N)n1CC. The molecule has 0 saturated carbocycles. The number of aromatic nitrogens is 2. The van der Waals surface area contributed by atoms with Crippen LogP contribution in [0, 0.1) is 0 Å². The van der Waals surface area contributed by atoms with Crippen LogP contribution >= 0.6 is 0 Å². The van der Waals surface area contributed by atoms with Crippen LogP contribution in [0.2, 0.25) is 0 Å². The predicted octanol–water partition coefficient (Wildman–Crippen LogP) is 2.19. The van der Waals surface area contributed by atoms with Gasteiger partial charge in [-0.15, -0.1) is 0 Å². The number of hydrogen-bond acceptors (Lipinski definition) is 3. The van der Waals surface area contributed by atoms with Crippen LogP contribution in [-0.2, 0) is 17.7 Å². The minimum Gasteiger partial charge on any atom is -0.384 e. The van der Waals surface area contributed by atoms with Gasteiger partial charge in [0.2, 0.25) is 0 Å². The van der Waals surface area contributed by atoms with Gasteiger partial charge in [0.05, 0.1) is 12.3 Å². The standard InChI is InChI=1S/C12H23N3O/c1-5-7-10-14-11(9(3)8-16-4)12(13)15(10)6-2/h9H,5-8,13H2,1-4H3. The van der Waals surface area contributed by atoms with E-state index in [-0.39, 0.29) is 5.92 Å². The zero-order valence-corrected chi connectivity index (χ0v) is 10.8. The lowest BCUT2D eigenvalue weighted by molar-refractivity contribution is 0.183. The first-order valence-corrected chi connectivity index (χ1v) is 5.99. The number of nitrogens with two attached hydrogens (primary N) is 1. The molecule has 1 unspecified atom stereocenters. The summed E-state index contributed by atoms with van der Waals surface area (Å²) in [4.78, 5) is 4.65. The Morgan fingerprint density at radius 2 is 2.12 bits per heavy atom. The first-order chi connectivity index (χ1) is 7.65. The molecule has 2 N–H and O–H groups in total. The van der Waals surface area contributed by atoms with Gasteiger partial charge in [-0.1, -0.05) is 13.8 Å². The Morgan fingerprint density at radius 1 is 1.44 bits per heavy atom. The number of nitrogens with zero attached hydrogens (tertiary/aromatic N) is 2. The smallest absolute Gasteiger partial charge is 0.127 e. The summed E-state index contributed by atoms with van der Waals surface area (Å²) in [7, 11) is 1.70. The normalized spacial score (nSPS) is 13.0. The second-order valence-corrected chi connectivity index (χ2v) is 4.15. The van der Waals surface area contributed by atoms with Gasteiger partial charge >= 0.3 is 0 Å². The number of ether oxygens (including phenoxy) is 1. The van der Waals surface area contributed by atoms with Gasteiger partial charge in [-0.3, -0.25) is 0 Å². The number of hydrogen-bond donors (Lipinski definition) is 1. The maximum absolute atomic E-state index is 6.12. The first-order valence-electron chi connectivity index (χ1n) is 5.99. The maximum atomic E-state index is 6.12. The summed E-state index contributed by atoms with van der Waals surface area (Å²) in [5, 5.41) is 0. The third-order valence-corrected chi connectivity index (χ3v) is 2.79. The molecule has 0 spiro atoms. The van der Waals surface area contributed by atoms with E-state index in [4.69, 9.17) is 10.5 Å². The molecule has 1 atom stereocenters. The lowest BCUT2D eigenvalue weighted by Gasteiger charge is -2.09. The summed E-state index contributed by atoms with van der Waals surface area (Å²) >= 11 is 0. The molecule has 92 valence electrons. The van der Waals surface area contributed by atoms with E-state index in [1.807, 2.05) is 0 Å². The molecule has 4 heteroatoms. The fraction of sp³-hybridized carbons (Fsp3) is 0.750. The van der Waals surface area contributed by atoms with Gasteiger partial charge in [0.25, 0.3) is 0 Å². The largest absolute Gasteiger partial charge is 0.384 e. The molecule has 1 aromatic heterocycles. The second kappa shape index (κ2) is 5.89. The van der Waals surface area contributed by atoms with Crippen molar-refractivity contribution >= 4 is 5.82 Å². The van der Waals surface area contributed by atoms with Gasteiger partial charge < -0.3 is 15.0 Å². The van der Waals surface area contributed by atoms with E-state index in [9.17, 15) is 0 Å². The molecule has 0 aliphatic rings. The lowest BCUT2D eigenvalue weighted by atomic mass is 10.1. The summed E-state index contributed by atoms with van der Waals surface area (Å²) in [5.41, 5.74) is 7.10. The zero-order valence-electron chi connectivity index (χ0n) is 10.8. The molecule has 1 rings (SSSR count). The van der Waals surface area contributed by atoms with E-state index >= 15 is 0 Å². The highest BCUT2D eigenvalue weighted by atomic mass is 16.5. The van der Waals surface area contributed by atoms with E-state index in [2.05, 4.69) is 30.3 Å². The second-order valence-electron chi connectivity index (χ2n) is 4.15. The molecule has 0 radical (unpaired) electrons. The third kappa shape index (κ3) is 2.55. The van der Waals surface area contributed by atoms with Crippen LogP contribution in [-0.4, -0.2) is 23.3 Å². The molecule has 0 fully saturated rings. The topological polar surface area (TPSA) is 53.1 Å². The van der Waals surface area contributed by atoms with Crippen molar-refractivity contribution < 1.29 is 4.74 Å². The highest BCUT2D eigenvalue weighted by Gasteiger charge is 2.17. The van der Waals surface area contributed by atoms with E-state index in [0.717, 1.165) is 36.7 Å². The van der Waals surface area contributed by atoms with Crippen LogP contribution < -0.4 is 5.73 Å². The molecule has 16 heavy (non-hydrogen) atoms. The Morgan fingerprint density at radius 3 is 2.62 bits per heavy atom. The van der Waals surface area contributed by atoms with Crippen molar-refractivity contribution in [3.05, 3.63) is 11.5 Å². The molecular weight excluding hydrogens is 202 g/mol. The third-order valence-electron chi connectivity index (χ3n) is 2.79. The van der Waals surface area contributed by atoms with Crippen LogP contribution in [0.15, 0.2) is 0 Å². The number of rotatable bonds is 6. The van der Waals surface area contributed by atoms with Gasteiger partial charge in [-0.2, -0.15) is 0 Å². The quantitative estimate of drug-likeness (QED) is 0.807. The van der Waals surface area contributed by atoms with Crippen molar-refractivity contribution in [2.24, 2.45) is 0 Å². The highest BCUT2D eigenvalue weighted by Crippen LogP contribution is 2.23. The number of imidazole rings is 1. The summed E-state index contributed by atoms with van der Waals surface area (Å²) in [6, 6.07) is 0. The van der Waals surface area contributed by atoms with Crippen LogP contribution in [0.25, 0.3) is 0 Å². The van der Waals surface area contributed by atoms with Gasteiger partial charge in [0.15, 0.2) is 0 Å². The van der Waals surface area contributed by atoms with Gasteiger partial charge in [0, 0.05) is 26.0 Å². The average Bonchev–Trinajstić information content (AvgIpc) is 2.56. The van der Waals surface area contributed by atoms with E-state index < -0.39 is 0 Å². The van der Waals surface area contributed by atoms with Crippen LogP contribution in [0.3, 0.4) is 0 Å². The number of anilines is 1. The minimum atomic E-state index is 0.258. The van der Waals surface area contributed by atoms with Gasteiger partial charge in [-0.25, -0.2) is 4.98 Å². The van der Waals surface area contributed by atoms with Crippen LogP contribution in [0.1, 0.15) is 44.6 Å². The van der Waals surface area contributed by atoms with Crippen molar-refractivity contribution in [1.82, 2.24) is 9.55 Å². The summed E-state index contributed by atoms with van der Waals surface area (Å²) in [6.07, 6.45) is 2.08. The molecule has 1 aromatic rings. The van der Waals surface area contributed by atoms with Crippen molar-refractivity contribution in [2.75, 3.05) is 19.5 Å². The van der Waals surface area contributed by atoms with E-state index in [1.165, 1.54) is 0 Å². The van der Waals surface area contributed by atoms with Crippen molar-refractivity contribution in [3.8, 4) is 0 Å². The molecule has 0 aliphatic carbocycles. The van der Waals surface area contributed by atoms with E-state index in [1.54, 1.807) is 7.11 Å². The number of aryl methyl sites for hydroxylation is 1. The Kier molecular flexibility index (Phi) is 4.80. The van der Waals surface area contributed by atoms with Crippen molar-refractivity contribution in [1.29, 1.82) is 0 Å². The molecule has 4 nitrogen and oxygen atoms in total. The minimum absolute atomic E-state index is 0.258. The first kappa shape index (κ1) is 13.0. The fourth-order valence-corrected chi connectivity index (χ4v) is 1.99. The van der Waals surface area contributed by atoms with Crippen LogP contribution in [0.4, 0.5) is 5.82 Å². The Bertz CT molecular complexity index is 333. The van der Waals surface area contributed by atoms with Gasteiger partial charge in [0.1, 0.15) is 11.6 Å². The molecule has 0 bridgehead atoms. The summed E-state index contributed by atoms with van der Waals surface area (Å²) in [5.74, 6) is 2.16. The lowest BCUT2D eigenvalue weighted by Crippen LogP contribution is -2.08. The Labute approximate surface area is 97.8 Å². The Hall–Kier alpha value is -1.03. The monoisotopic (exact) mass is 225 g/mol. The van der Waals surface area contributed by atoms with Crippen molar-refractivity contribution in [2.45, 2.75) is 46.1 Å². The summed E-state index contributed by atoms with van der Waals surface area (Å²) in [6.45, 7) is 7.90. The molecule has 0 amide bonds. The molecule has 0 aliphatic heterocycles. The zero-order chi connectivity index (χ0) is 12.1. The van der Waals surface area contributed by atoms with Crippen LogP contribution in [0.5, 0.6) is 0 Å². The van der Waals surface area contributed by atoms with Gasteiger partial charge in [-0.05, 0) is 13.3 Å². The molecule has 0 aromatic carbocycles. The highest BCUT2D eigenvalue weighted by molar-refractivity contribution is 5.40. The maximum Gasteiger partial charge on any atom is 0.127 e. The molecule has 1 heterocycles. The average molecular weight is 225 g/mol. The molecular formula is C12H23N3O. The van der Waals surface area contributed by atoms with E-state index in [0.29, 0.717) is 6.61 Å².